The summed E-state index contributed by atoms with van der Waals surface area (Å²) in [5.41, 5.74) is -0.507. The molecule has 7 heteroatoms. The number of alkyl carbamates (subject to hydrolysis) is 1. The molecule has 1 rings (SSSR count). The molecule has 0 bridgehead atoms. The topological polar surface area (TPSA) is 75.7 Å². The fraction of sp³-hybridized carbons (Fsp3) is 0.929. The quantitative estimate of drug-likeness (QED) is 0.829. The van der Waals surface area contributed by atoms with Crippen LogP contribution in [0.15, 0.2) is 0 Å². The van der Waals surface area contributed by atoms with E-state index in [1.807, 2.05) is 20.8 Å². The number of sulfone groups is 1. The van der Waals surface area contributed by atoms with E-state index in [0.717, 1.165) is 25.8 Å². The lowest BCUT2D eigenvalue weighted by molar-refractivity contribution is 0.0497. The zero-order chi connectivity index (χ0) is 16.1. The summed E-state index contributed by atoms with van der Waals surface area (Å²) in [6.45, 7) is 7.39. The second kappa shape index (κ2) is 7.45. The molecule has 6 nitrogen and oxygen atoms in total. The molecule has 1 heterocycles. The van der Waals surface area contributed by atoms with Crippen molar-refractivity contribution in [3.8, 4) is 0 Å². The Morgan fingerprint density at radius 3 is 2.57 bits per heavy atom. The lowest BCUT2D eigenvalue weighted by Gasteiger charge is -2.35. The molecule has 1 fully saturated rings. The fourth-order valence-corrected chi connectivity index (χ4v) is 2.95. The molecule has 124 valence electrons. The predicted molar refractivity (Wildman–Crippen MR) is 83.2 cm³/mol. The first-order chi connectivity index (χ1) is 9.57. The van der Waals surface area contributed by atoms with Crippen molar-refractivity contribution in [2.24, 2.45) is 0 Å². The maximum Gasteiger partial charge on any atom is 0.407 e. The molecule has 1 aliphatic heterocycles. The van der Waals surface area contributed by atoms with Crippen LogP contribution in [0.25, 0.3) is 0 Å². The molecular weight excluding hydrogens is 292 g/mol. The van der Waals surface area contributed by atoms with E-state index in [1.165, 1.54) is 6.26 Å². The maximum absolute atomic E-state index is 11.7. The summed E-state index contributed by atoms with van der Waals surface area (Å²) in [5, 5.41) is 2.78. The molecule has 1 aliphatic rings. The predicted octanol–water partition coefficient (Wildman–Crippen LogP) is 1.41. The number of hydrogen-bond donors (Lipinski definition) is 1. The van der Waals surface area contributed by atoms with Gasteiger partial charge < -0.3 is 10.1 Å². The van der Waals surface area contributed by atoms with E-state index in [1.54, 1.807) is 0 Å². The van der Waals surface area contributed by atoms with E-state index in [2.05, 4.69) is 10.2 Å². The first-order valence-corrected chi connectivity index (χ1v) is 9.51. The van der Waals surface area contributed by atoms with Crippen LogP contribution in [0.5, 0.6) is 0 Å². The van der Waals surface area contributed by atoms with Crippen LogP contribution in [0.4, 0.5) is 4.79 Å². The molecule has 0 spiro atoms. The second-order valence-corrected chi connectivity index (χ2v) is 8.96. The van der Waals surface area contributed by atoms with Gasteiger partial charge in [-0.3, -0.25) is 4.90 Å². The summed E-state index contributed by atoms with van der Waals surface area (Å²) in [4.78, 5) is 13.8. The zero-order valence-electron chi connectivity index (χ0n) is 13.5. The van der Waals surface area contributed by atoms with Crippen LogP contribution in [-0.4, -0.2) is 62.7 Å². The van der Waals surface area contributed by atoms with Gasteiger partial charge in [0.1, 0.15) is 15.4 Å². The van der Waals surface area contributed by atoms with Gasteiger partial charge in [-0.15, -0.1) is 0 Å². The lowest BCUT2D eigenvalue weighted by Crippen LogP contribution is -2.48. The first-order valence-electron chi connectivity index (χ1n) is 7.45. The molecule has 1 N–H and O–H groups in total. The standard InChI is InChI=1S/C14H28N2O4S/c1-14(2,3)20-13(17)15-11-12-7-5-6-8-16(12)9-10-21(4,18)19/h12H,5-11H2,1-4H3,(H,15,17)/t12-/m1/s1. The van der Waals surface area contributed by atoms with Gasteiger partial charge in [0.25, 0.3) is 0 Å². The van der Waals surface area contributed by atoms with Crippen LogP contribution < -0.4 is 5.32 Å². The molecule has 0 aliphatic carbocycles. The molecule has 0 aromatic heterocycles. The van der Waals surface area contributed by atoms with E-state index in [-0.39, 0.29) is 11.8 Å². The maximum atomic E-state index is 11.7. The average Bonchev–Trinajstić information content (AvgIpc) is 2.32. The number of nitrogens with zero attached hydrogens (tertiary/aromatic N) is 1. The van der Waals surface area contributed by atoms with E-state index < -0.39 is 21.5 Å². The third kappa shape index (κ3) is 8.26. The molecule has 0 aromatic carbocycles. The van der Waals surface area contributed by atoms with Gasteiger partial charge in [0.05, 0.1) is 5.75 Å². The van der Waals surface area contributed by atoms with Crippen molar-refractivity contribution in [2.45, 2.75) is 51.7 Å². The Bertz CT molecular complexity index is 442. The largest absolute Gasteiger partial charge is 0.444 e. The van der Waals surface area contributed by atoms with Gasteiger partial charge in [-0.05, 0) is 40.2 Å². The molecule has 0 saturated carbocycles. The Morgan fingerprint density at radius 1 is 1.33 bits per heavy atom. The third-order valence-electron chi connectivity index (χ3n) is 3.38. The Labute approximate surface area is 128 Å². The smallest absolute Gasteiger partial charge is 0.407 e. The Morgan fingerprint density at radius 2 is 2.00 bits per heavy atom. The summed E-state index contributed by atoms with van der Waals surface area (Å²) < 4.78 is 27.8. The zero-order valence-corrected chi connectivity index (χ0v) is 14.3. The number of carbonyl (C=O) groups is 1. The SMILES string of the molecule is CC(C)(C)OC(=O)NC[C@H]1CCCCN1CCS(C)(=O)=O. The van der Waals surface area contributed by atoms with E-state index in [0.29, 0.717) is 13.1 Å². The summed E-state index contributed by atoms with van der Waals surface area (Å²) in [5.74, 6) is 0.163. The molecule has 1 atom stereocenters. The van der Waals surface area contributed by atoms with Crippen molar-refractivity contribution in [3.05, 3.63) is 0 Å². The highest BCUT2D eigenvalue weighted by Gasteiger charge is 2.24. The van der Waals surface area contributed by atoms with Crippen molar-refractivity contribution in [2.75, 3.05) is 31.6 Å². The van der Waals surface area contributed by atoms with Crippen molar-refractivity contribution in [3.63, 3.8) is 0 Å². The van der Waals surface area contributed by atoms with Crippen molar-refractivity contribution < 1.29 is 17.9 Å². The number of rotatable bonds is 5. The van der Waals surface area contributed by atoms with Gasteiger partial charge in [-0.25, -0.2) is 13.2 Å². The Balaban J connectivity index is 2.44. The molecule has 0 aromatic rings. The number of nitrogens with one attached hydrogen (secondary N) is 1. The summed E-state index contributed by atoms with van der Waals surface area (Å²) in [6, 6.07) is 0.188. The van der Waals surface area contributed by atoms with E-state index in [4.69, 9.17) is 4.74 Å². The normalized spacial score (nSPS) is 21.0. The fourth-order valence-electron chi connectivity index (χ4n) is 2.38. The van der Waals surface area contributed by atoms with Gasteiger partial charge in [0.2, 0.25) is 0 Å². The van der Waals surface area contributed by atoms with Crippen LogP contribution >= 0.6 is 0 Å². The number of hydrogen-bond acceptors (Lipinski definition) is 5. The molecule has 1 saturated heterocycles. The van der Waals surface area contributed by atoms with Gasteiger partial charge in [-0.2, -0.15) is 0 Å². The number of likely N-dealkylation sites (tertiary alicyclic amines) is 1. The molecule has 21 heavy (non-hydrogen) atoms. The summed E-state index contributed by atoms with van der Waals surface area (Å²) in [6.07, 6.45) is 3.99. The number of amides is 1. The average molecular weight is 320 g/mol. The van der Waals surface area contributed by atoms with Gasteiger partial charge in [0, 0.05) is 25.4 Å². The highest BCUT2D eigenvalue weighted by atomic mass is 32.2. The monoisotopic (exact) mass is 320 g/mol. The Hall–Kier alpha value is -0.820. The second-order valence-electron chi connectivity index (χ2n) is 6.70. The highest BCUT2D eigenvalue weighted by Crippen LogP contribution is 2.16. The van der Waals surface area contributed by atoms with E-state index >= 15 is 0 Å². The first kappa shape index (κ1) is 18.2. The van der Waals surface area contributed by atoms with Crippen molar-refractivity contribution >= 4 is 15.9 Å². The number of carbonyl (C=O) groups excluding carboxylic acids is 1. The van der Waals surface area contributed by atoms with Crippen LogP contribution in [0.1, 0.15) is 40.0 Å². The molecule has 0 radical (unpaired) electrons. The van der Waals surface area contributed by atoms with Crippen LogP contribution in [-0.2, 0) is 14.6 Å². The van der Waals surface area contributed by atoms with E-state index in [9.17, 15) is 13.2 Å². The van der Waals surface area contributed by atoms with Crippen LogP contribution in [0.2, 0.25) is 0 Å². The molecule has 0 unspecified atom stereocenters. The Kier molecular flexibility index (Phi) is 6.46. The minimum Gasteiger partial charge on any atom is -0.444 e. The van der Waals surface area contributed by atoms with Crippen molar-refractivity contribution in [1.29, 1.82) is 0 Å². The summed E-state index contributed by atoms with van der Waals surface area (Å²) in [7, 11) is -2.96. The van der Waals surface area contributed by atoms with Crippen LogP contribution in [0.3, 0.4) is 0 Å². The lowest BCUT2D eigenvalue weighted by atomic mass is 10.0. The molecular formula is C14H28N2O4S. The highest BCUT2D eigenvalue weighted by molar-refractivity contribution is 7.90. The van der Waals surface area contributed by atoms with Gasteiger partial charge in [0.15, 0.2) is 0 Å². The van der Waals surface area contributed by atoms with Gasteiger partial charge >= 0.3 is 6.09 Å². The third-order valence-corrected chi connectivity index (χ3v) is 4.30. The van der Waals surface area contributed by atoms with Crippen molar-refractivity contribution in [1.82, 2.24) is 10.2 Å². The number of ether oxygens (including phenoxy) is 1. The van der Waals surface area contributed by atoms with Crippen LogP contribution in [0, 0.1) is 0 Å². The minimum atomic E-state index is -2.96. The molecule has 1 amide bonds. The summed E-state index contributed by atoms with van der Waals surface area (Å²) >= 11 is 0. The minimum absolute atomic E-state index is 0.163. The number of piperidine rings is 1. The van der Waals surface area contributed by atoms with Gasteiger partial charge in [-0.1, -0.05) is 6.42 Å².